The molecular weight excluding hydrogens is 250 g/mol. The van der Waals surface area contributed by atoms with E-state index in [9.17, 15) is 0 Å². The van der Waals surface area contributed by atoms with Gasteiger partial charge in [0.05, 0.1) is 17.8 Å². The normalized spacial score (nSPS) is 12.9. The van der Waals surface area contributed by atoms with Crippen molar-refractivity contribution in [2.45, 2.75) is 26.4 Å². The van der Waals surface area contributed by atoms with Gasteiger partial charge in [-0.2, -0.15) is 5.10 Å². The van der Waals surface area contributed by atoms with Gasteiger partial charge < -0.3 is 9.88 Å². The summed E-state index contributed by atoms with van der Waals surface area (Å²) in [6, 6.07) is 6.18. The lowest BCUT2D eigenvalue weighted by Gasteiger charge is -2.18. The number of imidazole rings is 1. The smallest absolute Gasteiger partial charge is 0.130 e. The standard InChI is InChI=1S/C15H19N5/c1-3-16-14(15-17-8-10-19(15)4-2)12-11-18-20-9-6-5-7-13(12)20/h5-11,14,16H,3-4H2,1-2H3. The van der Waals surface area contributed by atoms with Gasteiger partial charge in [0.15, 0.2) is 0 Å². The molecule has 20 heavy (non-hydrogen) atoms. The van der Waals surface area contributed by atoms with Gasteiger partial charge in [-0.05, 0) is 25.6 Å². The van der Waals surface area contributed by atoms with Gasteiger partial charge in [0.25, 0.3) is 0 Å². The zero-order chi connectivity index (χ0) is 13.9. The van der Waals surface area contributed by atoms with E-state index in [4.69, 9.17) is 0 Å². The fourth-order valence-corrected chi connectivity index (χ4v) is 2.57. The SMILES string of the molecule is CCNC(c1cnn2ccccc12)c1nccn1CC. The van der Waals surface area contributed by atoms with Crippen LogP contribution in [0.15, 0.2) is 43.0 Å². The van der Waals surface area contributed by atoms with Gasteiger partial charge in [0, 0.05) is 30.7 Å². The number of nitrogens with one attached hydrogen (secondary N) is 1. The summed E-state index contributed by atoms with van der Waals surface area (Å²) in [5.41, 5.74) is 2.28. The second-order valence-corrected chi connectivity index (χ2v) is 4.69. The number of hydrogen-bond acceptors (Lipinski definition) is 3. The monoisotopic (exact) mass is 269 g/mol. The van der Waals surface area contributed by atoms with Gasteiger partial charge in [0.2, 0.25) is 0 Å². The molecule has 0 aliphatic carbocycles. The summed E-state index contributed by atoms with van der Waals surface area (Å²) in [5.74, 6) is 1.04. The second kappa shape index (κ2) is 5.46. The van der Waals surface area contributed by atoms with Crippen LogP contribution >= 0.6 is 0 Å². The molecule has 5 nitrogen and oxygen atoms in total. The predicted octanol–water partition coefficient (Wildman–Crippen LogP) is 2.25. The molecule has 1 N–H and O–H groups in total. The lowest BCUT2D eigenvalue weighted by Crippen LogP contribution is -2.25. The predicted molar refractivity (Wildman–Crippen MR) is 78.6 cm³/mol. The van der Waals surface area contributed by atoms with E-state index < -0.39 is 0 Å². The maximum absolute atomic E-state index is 4.53. The highest BCUT2D eigenvalue weighted by Gasteiger charge is 2.21. The molecule has 0 spiro atoms. The van der Waals surface area contributed by atoms with E-state index in [1.165, 1.54) is 0 Å². The summed E-state index contributed by atoms with van der Waals surface area (Å²) in [6.45, 7) is 6.03. The Morgan fingerprint density at radius 2 is 2.15 bits per heavy atom. The van der Waals surface area contributed by atoms with Crippen LogP contribution in [0.2, 0.25) is 0 Å². The van der Waals surface area contributed by atoms with Gasteiger partial charge in [-0.3, -0.25) is 0 Å². The van der Waals surface area contributed by atoms with Crippen LogP contribution in [-0.4, -0.2) is 25.7 Å². The van der Waals surface area contributed by atoms with E-state index in [1.807, 2.05) is 41.4 Å². The van der Waals surface area contributed by atoms with Crippen LogP contribution in [0.1, 0.15) is 31.3 Å². The number of nitrogens with zero attached hydrogens (tertiary/aromatic N) is 4. The maximum Gasteiger partial charge on any atom is 0.130 e. The third-order valence-corrected chi connectivity index (χ3v) is 3.52. The molecule has 0 amide bonds. The van der Waals surface area contributed by atoms with E-state index >= 15 is 0 Å². The molecule has 3 rings (SSSR count). The minimum atomic E-state index is 0.0647. The zero-order valence-electron chi connectivity index (χ0n) is 11.8. The molecule has 0 bridgehead atoms. The minimum Gasteiger partial charge on any atom is -0.334 e. The van der Waals surface area contributed by atoms with Crippen LogP contribution in [0.5, 0.6) is 0 Å². The van der Waals surface area contributed by atoms with E-state index in [-0.39, 0.29) is 6.04 Å². The first-order chi connectivity index (χ1) is 9.85. The molecule has 5 heteroatoms. The van der Waals surface area contributed by atoms with Gasteiger partial charge in [-0.25, -0.2) is 9.50 Å². The van der Waals surface area contributed by atoms with Crippen LogP contribution in [0.4, 0.5) is 0 Å². The van der Waals surface area contributed by atoms with Crippen LogP contribution in [0.25, 0.3) is 5.52 Å². The van der Waals surface area contributed by atoms with Crippen molar-refractivity contribution in [2.24, 2.45) is 0 Å². The fraction of sp³-hybridized carbons (Fsp3) is 0.333. The number of fused-ring (bicyclic) bond motifs is 1. The fourth-order valence-electron chi connectivity index (χ4n) is 2.57. The third kappa shape index (κ3) is 2.10. The molecule has 0 saturated carbocycles. The topological polar surface area (TPSA) is 47.1 Å². The Labute approximate surface area is 118 Å². The highest BCUT2D eigenvalue weighted by molar-refractivity contribution is 5.56. The first-order valence-electron chi connectivity index (χ1n) is 7.01. The number of hydrogen-bond donors (Lipinski definition) is 1. The Kier molecular flexibility index (Phi) is 3.52. The van der Waals surface area contributed by atoms with Crippen molar-refractivity contribution >= 4 is 5.52 Å². The summed E-state index contributed by atoms with van der Waals surface area (Å²) < 4.78 is 4.07. The van der Waals surface area contributed by atoms with Crippen LogP contribution in [-0.2, 0) is 6.54 Å². The molecule has 0 aliphatic heterocycles. The third-order valence-electron chi connectivity index (χ3n) is 3.52. The average molecular weight is 269 g/mol. The minimum absolute atomic E-state index is 0.0647. The van der Waals surface area contributed by atoms with Gasteiger partial charge in [-0.1, -0.05) is 13.0 Å². The molecule has 0 radical (unpaired) electrons. The van der Waals surface area contributed by atoms with E-state index in [1.54, 1.807) is 0 Å². The van der Waals surface area contributed by atoms with Gasteiger partial charge in [0.1, 0.15) is 5.82 Å². The zero-order valence-corrected chi connectivity index (χ0v) is 11.8. The first-order valence-corrected chi connectivity index (χ1v) is 7.01. The Bertz CT molecular complexity index is 697. The summed E-state index contributed by atoms with van der Waals surface area (Å²) in [5, 5.41) is 7.94. The van der Waals surface area contributed by atoms with Gasteiger partial charge >= 0.3 is 0 Å². The number of rotatable bonds is 5. The summed E-state index contributed by atoms with van der Waals surface area (Å²) in [7, 11) is 0. The second-order valence-electron chi connectivity index (χ2n) is 4.69. The number of aromatic nitrogens is 4. The first kappa shape index (κ1) is 12.9. The van der Waals surface area contributed by atoms with Crippen molar-refractivity contribution in [3.8, 4) is 0 Å². The maximum atomic E-state index is 4.53. The highest BCUT2D eigenvalue weighted by atomic mass is 15.2. The molecule has 1 unspecified atom stereocenters. The molecule has 0 aromatic carbocycles. The van der Waals surface area contributed by atoms with Crippen molar-refractivity contribution in [3.05, 3.63) is 54.4 Å². The molecule has 1 atom stereocenters. The lowest BCUT2D eigenvalue weighted by atomic mass is 10.1. The summed E-state index contributed by atoms with van der Waals surface area (Å²) >= 11 is 0. The van der Waals surface area contributed by atoms with Crippen molar-refractivity contribution in [1.29, 1.82) is 0 Å². The molecule has 0 aliphatic rings. The average Bonchev–Trinajstić information content (AvgIpc) is 3.11. The Morgan fingerprint density at radius 3 is 2.95 bits per heavy atom. The molecular formula is C15H19N5. The quantitative estimate of drug-likeness (QED) is 0.773. The highest BCUT2D eigenvalue weighted by Crippen LogP contribution is 2.24. The molecule has 104 valence electrons. The van der Waals surface area contributed by atoms with E-state index in [2.05, 4.69) is 39.9 Å². The Morgan fingerprint density at radius 1 is 1.25 bits per heavy atom. The molecule has 0 fully saturated rings. The molecule has 3 heterocycles. The van der Waals surface area contributed by atoms with Crippen molar-refractivity contribution < 1.29 is 0 Å². The molecule has 0 saturated heterocycles. The van der Waals surface area contributed by atoms with Crippen molar-refractivity contribution in [2.75, 3.05) is 6.54 Å². The number of pyridine rings is 1. The molecule has 3 aromatic rings. The number of aryl methyl sites for hydroxylation is 1. The van der Waals surface area contributed by atoms with Crippen LogP contribution in [0.3, 0.4) is 0 Å². The lowest BCUT2D eigenvalue weighted by molar-refractivity contribution is 0.561. The van der Waals surface area contributed by atoms with Crippen LogP contribution < -0.4 is 5.32 Å². The molecule has 3 aromatic heterocycles. The summed E-state index contributed by atoms with van der Waals surface area (Å²) in [4.78, 5) is 4.53. The van der Waals surface area contributed by atoms with E-state index in [0.717, 1.165) is 30.0 Å². The van der Waals surface area contributed by atoms with Gasteiger partial charge in [-0.15, -0.1) is 0 Å². The Balaban J connectivity index is 2.11. The van der Waals surface area contributed by atoms with E-state index in [0.29, 0.717) is 0 Å². The van der Waals surface area contributed by atoms with Crippen molar-refractivity contribution in [1.82, 2.24) is 24.5 Å². The van der Waals surface area contributed by atoms with Crippen LogP contribution in [0, 0.1) is 0 Å². The Hall–Kier alpha value is -2.14. The van der Waals surface area contributed by atoms with Crippen molar-refractivity contribution in [3.63, 3.8) is 0 Å². The summed E-state index contributed by atoms with van der Waals surface area (Å²) in [6.07, 6.45) is 7.77. The largest absolute Gasteiger partial charge is 0.334 e.